The van der Waals surface area contributed by atoms with Crippen molar-refractivity contribution in [1.29, 1.82) is 0 Å². The topological polar surface area (TPSA) is 38.3 Å². The van der Waals surface area contributed by atoms with Crippen molar-refractivity contribution in [2.45, 2.75) is 96.8 Å². The van der Waals surface area contributed by atoms with Crippen LogP contribution in [0.1, 0.15) is 107 Å². The highest BCUT2D eigenvalue weighted by atomic mass is 127. The average Bonchev–Trinajstić information content (AvgIpc) is 2.70. The predicted octanol–water partition coefficient (Wildman–Crippen LogP) is 7.51. The molecule has 0 aliphatic carbocycles. The van der Waals surface area contributed by atoms with Crippen molar-refractivity contribution in [3.8, 4) is 5.75 Å². The summed E-state index contributed by atoms with van der Waals surface area (Å²) in [7, 11) is 1.65. The molecule has 0 saturated heterocycles. The zero-order valence-electron chi connectivity index (χ0n) is 18.0. The summed E-state index contributed by atoms with van der Waals surface area (Å²) in [5.74, 6) is 0.819. The summed E-state index contributed by atoms with van der Waals surface area (Å²) in [6.45, 7) is 3.04. The third-order valence-electron chi connectivity index (χ3n) is 5.23. The Balaban J connectivity index is 1.91. The molecule has 160 valence electrons. The van der Waals surface area contributed by atoms with E-state index in [9.17, 15) is 4.79 Å². The fraction of sp³-hybridized carbons (Fsp3) is 0.708. The lowest BCUT2D eigenvalue weighted by molar-refractivity contribution is 0.0953. The number of hydrogen-bond donors (Lipinski definition) is 1. The number of methoxy groups -OCH3 is 1. The molecule has 0 unspecified atom stereocenters. The fourth-order valence-electron chi connectivity index (χ4n) is 3.43. The van der Waals surface area contributed by atoms with Gasteiger partial charge in [0.2, 0.25) is 0 Å². The van der Waals surface area contributed by atoms with Crippen molar-refractivity contribution in [1.82, 2.24) is 5.32 Å². The lowest BCUT2D eigenvalue weighted by Gasteiger charge is -2.08. The van der Waals surface area contributed by atoms with Gasteiger partial charge in [-0.2, -0.15) is 0 Å². The number of rotatable bonds is 17. The first-order chi connectivity index (χ1) is 13.7. The lowest BCUT2D eigenvalue weighted by atomic mass is 10.0. The molecule has 1 N–H and O–H groups in total. The van der Waals surface area contributed by atoms with Crippen molar-refractivity contribution in [3.63, 3.8) is 0 Å². The van der Waals surface area contributed by atoms with Gasteiger partial charge in [0.25, 0.3) is 5.91 Å². The van der Waals surface area contributed by atoms with Crippen LogP contribution in [-0.2, 0) is 0 Å². The van der Waals surface area contributed by atoms with Gasteiger partial charge >= 0.3 is 0 Å². The first kappa shape index (κ1) is 25.3. The highest BCUT2D eigenvalue weighted by molar-refractivity contribution is 14.1. The van der Waals surface area contributed by atoms with Crippen molar-refractivity contribution in [3.05, 3.63) is 27.3 Å². The third kappa shape index (κ3) is 11.9. The Hall–Kier alpha value is -0.780. The van der Waals surface area contributed by atoms with Crippen LogP contribution in [0.15, 0.2) is 18.2 Å². The first-order valence-electron chi connectivity index (χ1n) is 11.3. The molecule has 0 atom stereocenters. The molecule has 0 radical (unpaired) electrons. The maximum atomic E-state index is 12.2. The van der Waals surface area contributed by atoms with Crippen molar-refractivity contribution in [2.75, 3.05) is 13.7 Å². The fourth-order valence-corrected chi connectivity index (χ4v) is 4.17. The van der Waals surface area contributed by atoms with Crippen LogP contribution in [0.2, 0.25) is 0 Å². The number of hydrogen-bond acceptors (Lipinski definition) is 2. The highest BCUT2D eigenvalue weighted by Gasteiger charge is 2.08. The molecule has 0 bridgehead atoms. The molecule has 0 heterocycles. The standard InChI is InChI=1S/C24H40INO2/c1-3-4-5-6-7-8-9-10-11-12-13-14-15-16-19-26-24(27)21-17-18-23(28-2)22(25)20-21/h17-18,20H,3-16,19H2,1-2H3,(H,26,27). The van der Waals surface area contributed by atoms with Gasteiger partial charge in [-0.25, -0.2) is 0 Å². The van der Waals surface area contributed by atoms with Gasteiger partial charge in [0.1, 0.15) is 5.75 Å². The average molecular weight is 501 g/mol. The second-order valence-electron chi connectivity index (χ2n) is 7.70. The van der Waals surface area contributed by atoms with E-state index in [-0.39, 0.29) is 5.91 Å². The van der Waals surface area contributed by atoms with E-state index >= 15 is 0 Å². The number of unbranched alkanes of at least 4 members (excludes halogenated alkanes) is 13. The van der Waals surface area contributed by atoms with Gasteiger partial charge in [-0.15, -0.1) is 0 Å². The molecule has 3 nitrogen and oxygen atoms in total. The van der Waals surface area contributed by atoms with Crippen molar-refractivity contribution in [2.24, 2.45) is 0 Å². The third-order valence-corrected chi connectivity index (χ3v) is 6.07. The van der Waals surface area contributed by atoms with Crippen LogP contribution < -0.4 is 10.1 Å². The summed E-state index contributed by atoms with van der Waals surface area (Å²) in [4.78, 5) is 12.2. The Morgan fingerprint density at radius 3 is 1.82 bits per heavy atom. The second-order valence-corrected chi connectivity index (χ2v) is 8.86. The maximum absolute atomic E-state index is 12.2. The summed E-state index contributed by atoms with van der Waals surface area (Å²) in [5, 5.41) is 3.02. The monoisotopic (exact) mass is 501 g/mol. The van der Waals surface area contributed by atoms with Crippen LogP contribution >= 0.6 is 22.6 Å². The SMILES string of the molecule is CCCCCCCCCCCCCCCCNC(=O)c1ccc(OC)c(I)c1. The summed E-state index contributed by atoms with van der Waals surface area (Å²) < 4.78 is 6.19. The van der Waals surface area contributed by atoms with E-state index in [4.69, 9.17) is 4.74 Å². The Kier molecular flexibility index (Phi) is 15.4. The summed E-state index contributed by atoms with van der Waals surface area (Å²) in [6, 6.07) is 5.55. The van der Waals surface area contributed by atoms with Crippen LogP contribution in [0.3, 0.4) is 0 Å². The van der Waals surface area contributed by atoms with Gasteiger partial charge in [0, 0.05) is 12.1 Å². The van der Waals surface area contributed by atoms with Crippen molar-refractivity contribution < 1.29 is 9.53 Å². The van der Waals surface area contributed by atoms with Crippen LogP contribution in [0.25, 0.3) is 0 Å². The van der Waals surface area contributed by atoms with E-state index in [1.807, 2.05) is 18.2 Å². The molecule has 1 aromatic carbocycles. The van der Waals surface area contributed by atoms with E-state index in [0.29, 0.717) is 5.56 Å². The van der Waals surface area contributed by atoms with Gasteiger partial charge in [-0.1, -0.05) is 90.4 Å². The molecule has 1 rings (SSSR count). The zero-order chi connectivity index (χ0) is 20.5. The number of amides is 1. The highest BCUT2D eigenvalue weighted by Crippen LogP contribution is 2.21. The molecule has 0 spiro atoms. The molecule has 0 aromatic heterocycles. The van der Waals surface area contributed by atoms with E-state index in [2.05, 4.69) is 34.8 Å². The minimum atomic E-state index is 0.00950. The quantitative estimate of drug-likeness (QED) is 0.177. The van der Waals surface area contributed by atoms with E-state index < -0.39 is 0 Å². The van der Waals surface area contributed by atoms with Gasteiger partial charge in [-0.05, 0) is 47.2 Å². The Morgan fingerprint density at radius 2 is 1.36 bits per heavy atom. The summed E-state index contributed by atoms with van der Waals surface area (Å²) in [6.07, 6.45) is 18.9. The molecular formula is C24H40INO2. The van der Waals surface area contributed by atoms with Crippen LogP contribution in [0, 0.1) is 3.57 Å². The molecule has 0 aliphatic rings. The molecule has 0 aliphatic heterocycles. The number of benzene rings is 1. The van der Waals surface area contributed by atoms with Crippen LogP contribution in [0.4, 0.5) is 0 Å². The van der Waals surface area contributed by atoms with Gasteiger partial charge in [0.15, 0.2) is 0 Å². The Labute approximate surface area is 186 Å². The molecule has 1 amide bonds. The smallest absolute Gasteiger partial charge is 0.251 e. The number of ether oxygens (including phenoxy) is 1. The number of carbonyl (C=O) groups excluding carboxylic acids is 1. The van der Waals surface area contributed by atoms with Gasteiger partial charge in [-0.3, -0.25) is 4.79 Å². The minimum absolute atomic E-state index is 0.00950. The van der Waals surface area contributed by atoms with Gasteiger partial charge in [0.05, 0.1) is 10.7 Å². The zero-order valence-corrected chi connectivity index (χ0v) is 20.2. The van der Waals surface area contributed by atoms with E-state index in [1.165, 1.54) is 83.5 Å². The molecule has 28 heavy (non-hydrogen) atoms. The lowest BCUT2D eigenvalue weighted by Crippen LogP contribution is -2.24. The number of nitrogens with one attached hydrogen (secondary N) is 1. The molecule has 0 fully saturated rings. The van der Waals surface area contributed by atoms with E-state index in [0.717, 1.165) is 22.3 Å². The van der Waals surface area contributed by atoms with Crippen LogP contribution in [0.5, 0.6) is 5.75 Å². The van der Waals surface area contributed by atoms with Crippen molar-refractivity contribution >= 4 is 28.5 Å². The molecule has 1 aromatic rings. The predicted molar refractivity (Wildman–Crippen MR) is 128 cm³/mol. The number of carbonyl (C=O) groups is 1. The largest absolute Gasteiger partial charge is 0.496 e. The minimum Gasteiger partial charge on any atom is -0.496 e. The first-order valence-corrected chi connectivity index (χ1v) is 12.4. The summed E-state index contributed by atoms with van der Waals surface area (Å²) in [5.41, 5.74) is 0.704. The molecule has 0 saturated carbocycles. The van der Waals surface area contributed by atoms with E-state index in [1.54, 1.807) is 7.11 Å². The van der Waals surface area contributed by atoms with Crippen LogP contribution in [-0.4, -0.2) is 19.6 Å². The Morgan fingerprint density at radius 1 is 0.857 bits per heavy atom. The maximum Gasteiger partial charge on any atom is 0.251 e. The second kappa shape index (κ2) is 17.1. The van der Waals surface area contributed by atoms with Gasteiger partial charge < -0.3 is 10.1 Å². The molecule has 4 heteroatoms. The summed E-state index contributed by atoms with van der Waals surface area (Å²) >= 11 is 2.19. The normalized spacial score (nSPS) is 10.8. The Bertz CT molecular complexity index is 533. The number of halogens is 1. The molecular weight excluding hydrogens is 461 g/mol.